The van der Waals surface area contributed by atoms with Gasteiger partial charge in [0.25, 0.3) is 0 Å². The van der Waals surface area contributed by atoms with Crippen LogP contribution >= 0.6 is 0 Å². The van der Waals surface area contributed by atoms with Crippen LogP contribution in [0.25, 0.3) is 28.0 Å². The Morgan fingerprint density at radius 1 is 0.805 bits per heavy atom. The van der Waals surface area contributed by atoms with Crippen molar-refractivity contribution in [1.29, 1.82) is 0 Å². The Kier molecular flexibility index (Phi) is 14.4. The number of carbonyl (C=O) groups is 2. The minimum absolute atomic E-state index is 0.000670. The Labute approximate surface area is 450 Å². The number of nitrogens with one attached hydrogen (secondary N) is 1. The van der Waals surface area contributed by atoms with E-state index in [0.29, 0.717) is 63.0 Å². The molecule has 11 rings (SSSR count). The van der Waals surface area contributed by atoms with Crippen LogP contribution in [0.4, 0.5) is 0 Å². The highest BCUT2D eigenvalue weighted by atomic mass is 16.6. The molecular weight excluding hydrogens is 971 g/mol. The van der Waals surface area contributed by atoms with Gasteiger partial charge in [-0.15, -0.1) is 0 Å². The van der Waals surface area contributed by atoms with Crippen LogP contribution in [0.1, 0.15) is 109 Å². The zero-order valence-corrected chi connectivity index (χ0v) is 44.4. The van der Waals surface area contributed by atoms with E-state index >= 15 is 4.79 Å². The van der Waals surface area contributed by atoms with Gasteiger partial charge in [0, 0.05) is 37.8 Å². The van der Waals surface area contributed by atoms with Crippen molar-refractivity contribution in [1.82, 2.24) is 5.32 Å². The molecule has 11 unspecified atom stereocenters. The van der Waals surface area contributed by atoms with Gasteiger partial charge in [-0.2, -0.15) is 0 Å². The highest BCUT2D eigenvalue weighted by molar-refractivity contribution is 5.99. The van der Waals surface area contributed by atoms with Crippen molar-refractivity contribution >= 4 is 28.8 Å². The fourth-order valence-corrected chi connectivity index (χ4v) is 15.6. The maximum atomic E-state index is 16.2. The molecule has 0 radical (unpaired) electrons. The molecule has 0 aliphatic heterocycles. The van der Waals surface area contributed by atoms with Crippen LogP contribution < -0.4 is 14.8 Å². The third kappa shape index (κ3) is 9.19. The van der Waals surface area contributed by atoms with Gasteiger partial charge in [-0.05, 0) is 197 Å². The number of aromatic hydroxyl groups is 3. The molecule has 6 aromatic rings. The van der Waals surface area contributed by atoms with Crippen molar-refractivity contribution in [2.75, 3.05) is 27.9 Å². The summed E-state index contributed by atoms with van der Waals surface area (Å²) in [6.07, 6.45) is 6.94. The lowest BCUT2D eigenvalue weighted by molar-refractivity contribution is -0.179. The second-order valence-electron chi connectivity index (χ2n) is 22.6. The highest BCUT2D eigenvalue weighted by Gasteiger charge is 2.66. The van der Waals surface area contributed by atoms with E-state index in [4.69, 9.17) is 18.9 Å². The summed E-state index contributed by atoms with van der Waals surface area (Å²) in [6.45, 7) is 2.07. The van der Waals surface area contributed by atoms with E-state index in [2.05, 4.69) is 47.8 Å². The predicted molar refractivity (Wildman–Crippen MR) is 295 cm³/mol. The van der Waals surface area contributed by atoms with Crippen molar-refractivity contribution in [2.45, 2.75) is 113 Å². The minimum Gasteiger partial charge on any atom is -0.508 e. The Morgan fingerprint density at radius 3 is 2.35 bits per heavy atom. The number of ether oxygens (including phenoxy) is 4. The first-order valence-electron chi connectivity index (χ1n) is 27.5. The number of aliphatic hydroxyl groups excluding tert-OH is 2. The molecule has 402 valence electrons. The molecule has 3 saturated carbocycles. The summed E-state index contributed by atoms with van der Waals surface area (Å²) in [5.41, 5.74) is 6.38. The Balaban J connectivity index is 1.10. The van der Waals surface area contributed by atoms with Crippen molar-refractivity contribution in [3.05, 3.63) is 154 Å². The number of hydrogen-bond acceptors (Lipinski definition) is 12. The smallest absolute Gasteiger partial charge is 0.317 e. The number of phenolic OH excluding ortho intramolecular Hbond substituents is 3. The molecule has 77 heavy (non-hydrogen) atoms. The lowest BCUT2D eigenvalue weighted by atomic mass is 9.40. The van der Waals surface area contributed by atoms with E-state index in [-0.39, 0.29) is 65.8 Å². The maximum absolute atomic E-state index is 16.2. The van der Waals surface area contributed by atoms with E-state index < -0.39 is 41.0 Å². The van der Waals surface area contributed by atoms with Gasteiger partial charge in [0.15, 0.2) is 23.0 Å². The number of hydrogen-bond donors (Lipinski definition) is 6. The van der Waals surface area contributed by atoms with Crippen LogP contribution in [-0.2, 0) is 43.9 Å². The zero-order valence-electron chi connectivity index (χ0n) is 44.4. The van der Waals surface area contributed by atoms with Crippen LogP contribution in [-0.4, -0.2) is 83.7 Å². The molecule has 5 aliphatic rings. The number of esters is 2. The maximum Gasteiger partial charge on any atom is 0.317 e. The van der Waals surface area contributed by atoms with Gasteiger partial charge in [0.1, 0.15) is 18.0 Å². The normalized spacial score (nSPS) is 28.2. The molecule has 0 saturated heterocycles. The monoisotopic (exact) mass is 1040 g/mol. The van der Waals surface area contributed by atoms with Crippen LogP contribution in [0.15, 0.2) is 115 Å². The minimum atomic E-state index is -1.12. The van der Waals surface area contributed by atoms with Gasteiger partial charge >= 0.3 is 11.9 Å². The topological polar surface area (TPSA) is 184 Å². The summed E-state index contributed by atoms with van der Waals surface area (Å²) in [7, 11) is 4.96. The van der Waals surface area contributed by atoms with Crippen LogP contribution in [0.3, 0.4) is 0 Å². The second kappa shape index (κ2) is 21.2. The molecular formula is C65H71NO11. The fraction of sp³-hybridized carbons (Fsp3) is 0.415. The van der Waals surface area contributed by atoms with Crippen molar-refractivity contribution in [2.24, 2.45) is 29.1 Å². The van der Waals surface area contributed by atoms with Crippen molar-refractivity contribution in [3.63, 3.8) is 0 Å². The lowest BCUT2D eigenvalue weighted by Gasteiger charge is -2.64. The number of allylic oxidation sites excluding steroid dienone is 1. The summed E-state index contributed by atoms with van der Waals surface area (Å²) in [6, 6.07) is 35.3. The molecule has 12 heteroatoms. The molecule has 0 amide bonds. The number of fused-ring (bicyclic) bond motifs is 5. The summed E-state index contributed by atoms with van der Waals surface area (Å²) < 4.78 is 25.4. The number of aliphatic hydroxyl groups is 2. The van der Waals surface area contributed by atoms with Gasteiger partial charge in [0.05, 0.1) is 25.7 Å². The average molecular weight is 1040 g/mol. The van der Waals surface area contributed by atoms with Crippen molar-refractivity contribution < 1.29 is 54.1 Å². The van der Waals surface area contributed by atoms with E-state index in [9.17, 15) is 30.3 Å². The molecule has 6 aromatic carbocycles. The zero-order chi connectivity index (χ0) is 53.8. The van der Waals surface area contributed by atoms with E-state index in [0.717, 1.165) is 73.7 Å². The molecule has 11 atom stereocenters. The van der Waals surface area contributed by atoms with E-state index in [1.165, 1.54) is 21.1 Å². The highest BCUT2D eigenvalue weighted by Crippen LogP contribution is 2.70. The Bertz CT molecular complexity index is 3230. The molecule has 0 aromatic heterocycles. The third-order valence-electron chi connectivity index (χ3n) is 18.6. The van der Waals surface area contributed by atoms with Gasteiger partial charge < -0.3 is 49.8 Å². The number of carbonyl (C=O) groups excluding carboxylic acids is 2. The first kappa shape index (κ1) is 52.2. The SMILES string of the molecule is CNCc1cccc(-c2cc(O)cc3ccc(C4(C(=O)OC5CC(OC(C)=O)C6Cc7cc(OC)c(O)cc7C7CC(O)C8Cc9cc(O)c(OC)cc9C(C5)C8C76C=Cc5ccccc5)CCCC4CCCO)cc23)c1. The summed E-state index contributed by atoms with van der Waals surface area (Å²) in [5, 5.41) is 62.0. The van der Waals surface area contributed by atoms with Crippen LogP contribution in [0.2, 0.25) is 0 Å². The second-order valence-corrected chi connectivity index (χ2v) is 22.6. The molecule has 0 heterocycles. The number of phenols is 3. The predicted octanol–water partition coefficient (Wildman–Crippen LogP) is 10.8. The summed E-state index contributed by atoms with van der Waals surface area (Å²) in [5.74, 6) is -2.05. The van der Waals surface area contributed by atoms with E-state index in [1.807, 2.05) is 61.6 Å². The van der Waals surface area contributed by atoms with Gasteiger partial charge in [-0.3, -0.25) is 9.59 Å². The molecule has 3 fully saturated rings. The van der Waals surface area contributed by atoms with Crippen molar-refractivity contribution in [3.8, 4) is 39.9 Å². The van der Waals surface area contributed by atoms with Gasteiger partial charge in [-0.25, -0.2) is 0 Å². The molecule has 12 nitrogen and oxygen atoms in total. The van der Waals surface area contributed by atoms with Crippen LogP contribution in [0, 0.1) is 29.1 Å². The lowest BCUT2D eigenvalue weighted by Crippen LogP contribution is -2.62. The Hall–Kier alpha value is -6.86. The molecule has 0 spiro atoms. The molecule has 5 aliphatic carbocycles. The molecule has 6 N–H and O–H groups in total. The number of rotatable bonds is 14. The average Bonchev–Trinajstić information content (AvgIpc) is 3.87. The van der Waals surface area contributed by atoms with Gasteiger partial charge in [0.2, 0.25) is 0 Å². The summed E-state index contributed by atoms with van der Waals surface area (Å²) >= 11 is 0. The van der Waals surface area contributed by atoms with Gasteiger partial charge in [-0.1, -0.05) is 79.2 Å². The number of benzene rings is 6. The van der Waals surface area contributed by atoms with Crippen LogP contribution in [0.5, 0.6) is 28.7 Å². The molecule has 0 bridgehead atoms. The third-order valence-corrected chi connectivity index (χ3v) is 18.6. The Morgan fingerprint density at radius 2 is 1.58 bits per heavy atom. The fourth-order valence-electron chi connectivity index (χ4n) is 15.6. The first-order valence-corrected chi connectivity index (χ1v) is 27.5. The standard InChI is InChI=1S/C65H71NO11/c1-37(68)76-59-32-47(77-63(73)64(20-9-15-44(64)16-10-22-67)45-18-17-41-24-46(69)30-49(48(41)29-45)40-14-8-13-39(23-40)36-66-2)31-52-50-34-61(75-4)57(71)27-42(50)25-53-56(70)35-54-51-33-58(72)60(74-3)28-43(51)26-55(59)65(54,62(52)53)21-19-38-11-6-5-7-12-38/h5-8,11-14,17-19,21,23-24,27-30,33-34,44,47,52-56,59,62,66-67,69-72H,9-10,15-16,20,22,25-26,31-32,35-36H2,1-4H3. The van der Waals surface area contributed by atoms with E-state index in [1.54, 1.807) is 24.3 Å². The quantitative estimate of drug-likeness (QED) is 0.0569. The number of methoxy groups -OCH3 is 2. The first-order chi connectivity index (χ1) is 37.3. The largest absolute Gasteiger partial charge is 0.508 e. The summed E-state index contributed by atoms with van der Waals surface area (Å²) in [4.78, 5) is 29.9.